The number of hydrogen-bond donors (Lipinski definition) is 3. The summed E-state index contributed by atoms with van der Waals surface area (Å²) in [6, 6.07) is 6.22. The van der Waals surface area contributed by atoms with Crippen LogP contribution in [0.2, 0.25) is 0 Å². The molecule has 6 heteroatoms. The molecule has 23 heavy (non-hydrogen) atoms. The first-order valence-corrected chi connectivity index (χ1v) is 8.01. The highest BCUT2D eigenvalue weighted by Gasteiger charge is 2.27. The van der Waals surface area contributed by atoms with Crippen LogP contribution < -0.4 is 11.1 Å². The van der Waals surface area contributed by atoms with Crippen molar-refractivity contribution in [3.05, 3.63) is 30.2 Å². The number of aliphatic hydroxyl groups excluding tert-OH is 1. The number of carbonyl (C=O) groups is 1. The minimum Gasteiger partial charge on any atom is -0.438 e. The number of nitrogens with zero attached hydrogens (tertiary/aromatic N) is 1. The summed E-state index contributed by atoms with van der Waals surface area (Å²) in [5.41, 5.74) is 7.18. The average molecular weight is 319 g/mol. The smallest absolute Gasteiger partial charge is 0.237 e. The number of oxazole rings is 1. The lowest BCUT2D eigenvalue weighted by Gasteiger charge is -2.23. The number of nitrogens with one attached hydrogen (secondary N) is 1. The lowest BCUT2D eigenvalue weighted by molar-refractivity contribution is -0.124. The fraction of sp³-hybridized carbons (Fsp3) is 0.529. The first kappa shape index (κ1) is 17.4. The maximum absolute atomic E-state index is 12.2. The Hall–Kier alpha value is -1.92. The van der Waals surface area contributed by atoms with E-state index in [-0.39, 0.29) is 11.8 Å². The van der Waals surface area contributed by atoms with E-state index in [1.165, 1.54) is 0 Å². The van der Waals surface area contributed by atoms with Crippen LogP contribution in [0.15, 0.2) is 28.7 Å². The minimum atomic E-state index is -1.01. The van der Waals surface area contributed by atoms with Gasteiger partial charge < -0.3 is 20.6 Å². The maximum Gasteiger partial charge on any atom is 0.237 e. The molecule has 0 saturated heterocycles. The van der Waals surface area contributed by atoms with Crippen molar-refractivity contribution in [1.82, 2.24) is 10.3 Å². The number of hydrogen-bond acceptors (Lipinski definition) is 5. The van der Waals surface area contributed by atoms with Crippen LogP contribution in [0.3, 0.4) is 0 Å². The van der Waals surface area contributed by atoms with Crippen molar-refractivity contribution in [2.24, 2.45) is 11.7 Å². The second kappa shape index (κ2) is 7.57. The molecule has 0 saturated carbocycles. The van der Waals surface area contributed by atoms with Gasteiger partial charge in [-0.05, 0) is 30.9 Å². The Bertz CT molecular complexity index is 620. The quantitative estimate of drug-likeness (QED) is 0.725. The number of benzene rings is 1. The summed E-state index contributed by atoms with van der Waals surface area (Å²) >= 11 is 0. The van der Waals surface area contributed by atoms with Crippen molar-refractivity contribution in [3.8, 4) is 0 Å². The molecule has 0 aliphatic heterocycles. The predicted molar refractivity (Wildman–Crippen MR) is 88.6 cm³/mol. The fourth-order valence-corrected chi connectivity index (χ4v) is 2.50. The van der Waals surface area contributed by atoms with Crippen molar-refractivity contribution >= 4 is 17.0 Å². The molecule has 4 N–H and O–H groups in total. The lowest BCUT2D eigenvalue weighted by Crippen LogP contribution is -2.47. The Labute approximate surface area is 136 Å². The molecule has 2 rings (SSSR count). The number of para-hydroxylation sites is 2. The van der Waals surface area contributed by atoms with Crippen molar-refractivity contribution in [2.45, 2.75) is 51.8 Å². The molecule has 0 spiro atoms. The molecule has 0 aliphatic carbocycles. The third kappa shape index (κ3) is 4.30. The van der Waals surface area contributed by atoms with Crippen LogP contribution in [0.1, 0.15) is 45.6 Å². The highest BCUT2D eigenvalue weighted by atomic mass is 16.4. The third-order valence-corrected chi connectivity index (χ3v) is 3.77. The van der Waals surface area contributed by atoms with Gasteiger partial charge in [-0.15, -0.1) is 0 Å². The average Bonchev–Trinajstić information content (AvgIpc) is 2.94. The van der Waals surface area contributed by atoms with Gasteiger partial charge in [0.05, 0.1) is 12.1 Å². The molecule has 126 valence electrons. The van der Waals surface area contributed by atoms with Gasteiger partial charge in [-0.25, -0.2) is 4.98 Å². The molecule has 1 aromatic heterocycles. The van der Waals surface area contributed by atoms with Crippen LogP contribution in [0, 0.1) is 5.92 Å². The highest BCUT2D eigenvalue weighted by Crippen LogP contribution is 2.23. The number of amides is 1. The SMILES string of the molecule is CC[C@H](NC(=O)C(N)CC(C)C)[C@H](O)c1nc2ccccc2o1. The standard InChI is InChI=1S/C17H25N3O3/c1-4-12(19-16(22)11(18)9-10(2)3)15(21)17-20-13-7-5-6-8-14(13)23-17/h5-8,10-12,15,21H,4,9,18H2,1-3H3,(H,19,22)/t11?,12-,15-/m0/s1. The van der Waals surface area contributed by atoms with E-state index < -0.39 is 18.2 Å². The van der Waals surface area contributed by atoms with E-state index in [0.29, 0.717) is 29.9 Å². The van der Waals surface area contributed by atoms with E-state index in [9.17, 15) is 9.90 Å². The Balaban J connectivity index is 2.08. The van der Waals surface area contributed by atoms with Crippen molar-refractivity contribution in [1.29, 1.82) is 0 Å². The second-order valence-corrected chi connectivity index (χ2v) is 6.22. The monoisotopic (exact) mass is 319 g/mol. The number of aromatic nitrogens is 1. The van der Waals surface area contributed by atoms with Crippen LogP contribution in [0.25, 0.3) is 11.1 Å². The summed E-state index contributed by atoms with van der Waals surface area (Å²) in [4.78, 5) is 16.4. The van der Waals surface area contributed by atoms with Gasteiger partial charge in [-0.2, -0.15) is 0 Å². The summed E-state index contributed by atoms with van der Waals surface area (Å²) < 4.78 is 5.58. The summed E-state index contributed by atoms with van der Waals surface area (Å²) in [6.45, 7) is 5.90. The molecule has 1 aromatic carbocycles. The molecule has 0 bridgehead atoms. The number of aliphatic hydroxyl groups is 1. The van der Waals surface area contributed by atoms with E-state index >= 15 is 0 Å². The normalized spacial score (nSPS) is 15.6. The van der Waals surface area contributed by atoms with E-state index in [1.54, 1.807) is 6.07 Å². The van der Waals surface area contributed by atoms with Gasteiger partial charge in [-0.1, -0.05) is 32.9 Å². The van der Waals surface area contributed by atoms with Gasteiger partial charge in [0.15, 0.2) is 11.7 Å². The Morgan fingerprint density at radius 3 is 2.70 bits per heavy atom. The number of fused-ring (bicyclic) bond motifs is 1. The number of rotatable bonds is 7. The van der Waals surface area contributed by atoms with Crippen LogP contribution in [0.5, 0.6) is 0 Å². The summed E-state index contributed by atoms with van der Waals surface area (Å²) in [6.07, 6.45) is 0.129. The molecule has 0 radical (unpaired) electrons. The predicted octanol–water partition coefficient (Wildman–Crippen LogP) is 2.13. The van der Waals surface area contributed by atoms with Gasteiger partial charge in [0.1, 0.15) is 5.52 Å². The van der Waals surface area contributed by atoms with Crippen molar-refractivity contribution < 1.29 is 14.3 Å². The van der Waals surface area contributed by atoms with E-state index in [2.05, 4.69) is 10.3 Å². The molecule has 6 nitrogen and oxygen atoms in total. The molecule has 1 unspecified atom stereocenters. The Morgan fingerprint density at radius 1 is 1.39 bits per heavy atom. The first-order valence-electron chi connectivity index (χ1n) is 8.01. The number of nitrogens with two attached hydrogens (primary N) is 1. The van der Waals surface area contributed by atoms with Gasteiger partial charge in [0.2, 0.25) is 11.8 Å². The van der Waals surface area contributed by atoms with E-state index in [0.717, 1.165) is 0 Å². The fourth-order valence-electron chi connectivity index (χ4n) is 2.50. The summed E-state index contributed by atoms with van der Waals surface area (Å²) in [7, 11) is 0. The third-order valence-electron chi connectivity index (χ3n) is 3.77. The van der Waals surface area contributed by atoms with Gasteiger partial charge in [0.25, 0.3) is 0 Å². The topological polar surface area (TPSA) is 101 Å². The minimum absolute atomic E-state index is 0.204. The molecular weight excluding hydrogens is 294 g/mol. The van der Waals surface area contributed by atoms with Crippen molar-refractivity contribution in [3.63, 3.8) is 0 Å². The molecule has 0 aliphatic rings. The van der Waals surface area contributed by atoms with E-state index in [4.69, 9.17) is 10.2 Å². The Morgan fingerprint density at radius 2 is 2.09 bits per heavy atom. The molecule has 3 atom stereocenters. The zero-order chi connectivity index (χ0) is 17.0. The molecule has 1 heterocycles. The zero-order valence-electron chi connectivity index (χ0n) is 13.8. The van der Waals surface area contributed by atoms with Crippen LogP contribution in [-0.2, 0) is 4.79 Å². The van der Waals surface area contributed by atoms with Crippen LogP contribution >= 0.6 is 0 Å². The zero-order valence-corrected chi connectivity index (χ0v) is 13.8. The number of carbonyl (C=O) groups excluding carboxylic acids is 1. The molecule has 0 fully saturated rings. The summed E-state index contributed by atoms with van der Waals surface area (Å²) in [5, 5.41) is 13.3. The molecular formula is C17H25N3O3. The Kier molecular flexibility index (Phi) is 5.74. The molecule has 2 aromatic rings. The summed E-state index contributed by atoms with van der Waals surface area (Å²) in [5.74, 6) is 0.272. The lowest BCUT2D eigenvalue weighted by atomic mass is 10.0. The first-order chi connectivity index (χ1) is 10.9. The molecule has 1 amide bonds. The van der Waals surface area contributed by atoms with E-state index in [1.807, 2.05) is 39.0 Å². The largest absolute Gasteiger partial charge is 0.438 e. The van der Waals surface area contributed by atoms with Crippen LogP contribution in [-0.4, -0.2) is 28.1 Å². The second-order valence-electron chi connectivity index (χ2n) is 6.22. The van der Waals surface area contributed by atoms with Gasteiger partial charge >= 0.3 is 0 Å². The van der Waals surface area contributed by atoms with Gasteiger partial charge in [0, 0.05) is 0 Å². The highest BCUT2D eigenvalue weighted by molar-refractivity contribution is 5.81. The van der Waals surface area contributed by atoms with Crippen molar-refractivity contribution in [2.75, 3.05) is 0 Å². The maximum atomic E-state index is 12.2. The van der Waals surface area contributed by atoms with Crippen LogP contribution in [0.4, 0.5) is 0 Å². The van der Waals surface area contributed by atoms with Gasteiger partial charge in [-0.3, -0.25) is 4.79 Å².